The van der Waals surface area contributed by atoms with E-state index in [2.05, 4.69) is 5.32 Å². The summed E-state index contributed by atoms with van der Waals surface area (Å²) in [5.74, 6) is 0.349. The first kappa shape index (κ1) is 16.8. The van der Waals surface area contributed by atoms with Crippen molar-refractivity contribution in [2.24, 2.45) is 0 Å². The van der Waals surface area contributed by atoms with E-state index < -0.39 is 0 Å². The zero-order chi connectivity index (χ0) is 16.8. The zero-order valence-electron chi connectivity index (χ0n) is 12.8. The molecule has 23 heavy (non-hydrogen) atoms. The van der Waals surface area contributed by atoms with Crippen LogP contribution in [-0.2, 0) is 4.79 Å². The Labute approximate surface area is 139 Å². The molecule has 0 fully saturated rings. The Hall–Kier alpha value is -2.53. The van der Waals surface area contributed by atoms with Gasteiger partial charge in [-0.15, -0.1) is 0 Å². The fourth-order valence-electron chi connectivity index (χ4n) is 1.99. The highest BCUT2D eigenvalue weighted by atomic mass is 35.5. The number of ketones is 1. The Bertz CT molecular complexity index is 730. The molecule has 0 aliphatic rings. The second kappa shape index (κ2) is 7.65. The first-order valence-electron chi connectivity index (χ1n) is 6.87. The molecule has 1 N–H and O–H groups in total. The summed E-state index contributed by atoms with van der Waals surface area (Å²) in [4.78, 5) is 23.5. The number of anilines is 1. The maximum absolute atomic E-state index is 12.0. The van der Waals surface area contributed by atoms with Crippen molar-refractivity contribution in [3.63, 3.8) is 0 Å². The Balaban J connectivity index is 2.04. The number of nitrogens with one attached hydrogen (secondary N) is 1. The number of benzene rings is 2. The first-order chi connectivity index (χ1) is 11.0. The molecule has 0 unspecified atom stereocenters. The molecule has 0 heterocycles. The fraction of sp³-hybridized carbons (Fsp3) is 0.176. The molecule has 2 aromatic carbocycles. The van der Waals surface area contributed by atoms with Crippen LogP contribution in [0.25, 0.3) is 0 Å². The lowest BCUT2D eigenvalue weighted by Crippen LogP contribution is -2.21. The van der Waals surface area contributed by atoms with Gasteiger partial charge < -0.3 is 14.8 Å². The minimum absolute atomic E-state index is 0.127. The molecule has 120 valence electrons. The van der Waals surface area contributed by atoms with E-state index >= 15 is 0 Å². The minimum atomic E-state index is -0.385. The lowest BCUT2D eigenvalue weighted by molar-refractivity contribution is -0.118. The van der Waals surface area contributed by atoms with Crippen LogP contribution in [-0.4, -0.2) is 25.4 Å². The van der Waals surface area contributed by atoms with Crippen LogP contribution in [0.2, 0.25) is 5.02 Å². The highest BCUT2D eigenvalue weighted by molar-refractivity contribution is 6.31. The third-order valence-corrected chi connectivity index (χ3v) is 3.30. The van der Waals surface area contributed by atoms with Crippen LogP contribution in [0.4, 0.5) is 5.69 Å². The minimum Gasteiger partial charge on any atom is -0.495 e. The average molecular weight is 334 g/mol. The van der Waals surface area contributed by atoms with Gasteiger partial charge in [-0.1, -0.05) is 23.7 Å². The standard InChI is InChI=1S/C17H16ClNO4/c1-11(20)13-5-3-4-6-15(13)23-10-17(21)19-14-9-12(18)7-8-16(14)22-2/h3-9H,10H2,1-2H3,(H,19,21). The van der Waals surface area contributed by atoms with Crippen LogP contribution in [0.5, 0.6) is 11.5 Å². The molecule has 0 bridgehead atoms. The number of para-hydroxylation sites is 1. The Morgan fingerprint density at radius 1 is 1.13 bits per heavy atom. The number of carbonyl (C=O) groups is 2. The lowest BCUT2D eigenvalue weighted by Gasteiger charge is -2.12. The molecule has 0 atom stereocenters. The monoisotopic (exact) mass is 333 g/mol. The van der Waals surface area contributed by atoms with Crippen LogP contribution in [0.15, 0.2) is 42.5 Å². The number of rotatable bonds is 6. The molecule has 0 saturated carbocycles. The van der Waals surface area contributed by atoms with Gasteiger partial charge in [-0.05, 0) is 37.3 Å². The SMILES string of the molecule is COc1ccc(Cl)cc1NC(=O)COc1ccccc1C(C)=O. The van der Waals surface area contributed by atoms with Crippen LogP contribution < -0.4 is 14.8 Å². The molecule has 0 spiro atoms. The molecule has 0 aliphatic heterocycles. The summed E-state index contributed by atoms with van der Waals surface area (Å²) < 4.78 is 10.6. The number of methoxy groups -OCH3 is 1. The Kier molecular flexibility index (Phi) is 5.60. The highest BCUT2D eigenvalue weighted by Crippen LogP contribution is 2.27. The molecule has 1 amide bonds. The number of hydrogen-bond donors (Lipinski definition) is 1. The van der Waals surface area contributed by atoms with Crippen molar-refractivity contribution in [2.75, 3.05) is 19.0 Å². The van der Waals surface area contributed by atoms with Crippen molar-refractivity contribution in [3.05, 3.63) is 53.1 Å². The summed E-state index contributed by atoms with van der Waals surface area (Å²) in [5, 5.41) is 3.14. The van der Waals surface area contributed by atoms with E-state index in [1.54, 1.807) is 42.5 Å². The van der Waals surface area contributed by atoms with Gasteiger partial charge in [-0.3, -0.25) is 9.59 Å². The van der Waals surface area contributed by atoms with Crippen molar-refractivity contribution in [1.82, 2.24) is 0 Å². The number of carbonyl (C=O) groups excluding carboxylic acids is 2. The predicted molar refractivity (Wildman–Crippen MR) is 88.6 cm³/mol. The molecule has 2 aromatic rings. The van der Waals surface area contributed by atoms with Gasteiger partial charge in [0.25, 0.3) is 5.91 Å². The van der Waals surface area contributed by atoms with Gasteiger partial charge in [0.15, 0.2) is 12.4 Å². The summed E-state index contributed by atoms with van der Waals surface area (Å²) in [6.07, 6.45) is 0. The van der Waals surface area contributed by atoms with Crippen molar-refractivity contribution in [3.8, 4) is 11.5 Å². The van der Waals surface area contributed by atoms with E-state index in [1.165, 1.54) is 14.0 Å². The van der Waals surface area contributed by atoms with Crippen molar-refractivity contribution < 1.29 is 19.1 Å². The molecule has 2 rings (SSSR count). The number of hydrogen-bond acceptors (Lipinski definition) is 4. The van der Waals surface area contributed by atoms with Crippen molar-refractivity contribution in [2.45, 2.75) is 6.92 Å². The molecule has 0 aliphatic carbocycles. The van der Waals surface area contributed by atoms with E-state index in [0.29, 0.717) is 27.8 Å². The van der Waals surface area contributed by atoms with Gasteiger partial charge in [-0.25, -0.2) is 0 Å². The van der Waals surface area contributed by atoms with E-state index in [0.717, 1.165) is 0 Å². The fourth-order valence-corrected chi connectivity index (χ4v) is 2.16. The van der Waals surface area contributed by atoms with Crippen LogP contribution in [0.1, 0.15) is 17.3 Å². The lowest BCUT2D eigenvalue weighted by atomic mass is 10.1. The van der Waals surface area contributed by atoms with E-state index in [9.17, 15) is 9.59 Å². The molecule has 5 nitrogen and oxygen atoms in total. The van der Waals surface area contributed by atoms with Gasteiger partial charge in [0, 0.05) is 5.02 Å². The van der Waals surface area contributed by atoms with Crippen molar-refractivity contribution >= 4 is 29.0 Å². The second-order valence-electron chi connectivity index (χ2n) is 4.73. The van der Waals surface area contributed by atoms with E-state index in [4.69, 9.17) is 21.1 Å². The summed E-state index contributed by atoms with van der Waals surface area (Å²) in [5.41, 5.74) is 0.883. The number of amides is 1. The number of Topliss-reactive ketones (excluding diaryl/α,β-unsaturated/α-hetero) is 1. The maximum Gasteiger partial charge on any atom is 0.262 e. The Morgan fingerprint density at radius 2 is 1.87 bits per heavy atom. The number of ether oxygens (including phenoxy) is 2. The summed E-state index contributed by atoms with van der Waals surface area (Å²) in [7, 11) is 1.50. The summed E-state index contributed by atoms with van der Waals surface area (Å²) in [6, 6.07) is 11.7. The first-order valence-corrected chi connectivity index (χ1v) is 7.25. The zero-order valence-corrected chi connectivity index (χ0v) is 13.5. The summed E-state index contributed by atoms with van der Waals surface area (Å²) in [6.45, 7) is 1.21. The van der Waals surface area contributed by atoms with E-state index in [-0.39, 0.29) is 18.3 Å². The molecule has 0 radical (unpaired) electrons. The van der Waals surface area contributed by atoms with Crippen LogP contribution in [0, 0.1) is 0 Å². The molecular formula is C17H16ClNO4. The highest BCUT2D eigenvalue weighted by Gasteiger charge is 2.12. The third-order valence-electron chi connectivity index (χ3n) is 3.06. The molecule has 6 heteroatoms. The smallest absolute Gasteiger partial charge is 0.262 e. The summed E-state index contributed by atoms with van der Waals surface area (Å²) >= 11 is 5.91. The van der Waals surface area contributed by atoms with Gasteiger partial charge >= 0.3 is 0 Å². The van der Waals surface area contributed by atoms with Crippen LogP contribution >= 0.6 is 11.6 Å². The normalized spacial score (nSPS) is 10.0. The Morgan fingerprint density at radius 3 is 2.57 bits per heavy atom. The number of halogens is 1. The largest absolute Gasteiger partial charge is 0.495 e. The van der Waals surface area contributed by atoms with Gasteiger partial charge in [0.1, 0.15) is 11.5 Å². The van der Waals surface area contributed by atoms with Gasteiger partial charge in [-0.2, -0.15) is 0 Å². The maximum atomic E-state index is 12.0. The third kappa shape index (κ3) is 4.47. The second-order valence-corrected chi connectivity index (χ2v) is 5.17. The van der Waals surface area contributed by atoms with Gasteiger partial charge in [0.2, 0.25) is 0 Å². The predicted octanol–water partition coefficient (Wildman–Crippen LogP) is 3.57. The average Bonchev–Trinajstić information content (AvgIpc) is 2.53. The molecule has 0 aromatic heterocycles. The van der Waals surface area contributed by atoms with E-state index in [1.807, 2.05) is 0 Å². The quantitative estimate of drug-likeness (QED) is 0.821. The topological polar surface area (TPSA) is 64.6 Å². The molecular weight excluding hydrogens is 318 g/mol. The van der Waals surface area contributed by atoms with Crippen molar-refractivity contribution in [1.29, 1.82) is 0 Å². The molecule has 0 saturated heterocycles. The van der Waals surface area contributed by atoms with Gasteiger partial charge in [0.05, 0.1) is 18.4 Å². The van der Waals surface area contributed by atoms with Crippen LogP contribution in [0.3, 0.4) is 0 Å².